The molecule has 0 radical (unpaired) electrons. The van der Waals surface area contributed by atoms with Crippen molar-refractivity contribution in [3.05, 3.63) is 82.9 Å². The molecule has 0 N–H and O–H groups in total. The highest BCUT2D eigenvalue weighted by Crippen LogP contribution is 2.27. The Bertz CT molecular complexity index is 624. The third kappa shape index (κ3) is 5.82. The largest absolute Gasteiger partial charge is 0.376 e. The van der Waals surface area contributed by atoms with Gasteiger partial charge in [0.25, 0.3) is 0 Å². The van der Waals surface area contributed by atoms with Gasteiger partial charge in [0.1, 0.15) is 0 Å². The van der Waals surface area contributed by atoms with Crippen LogP contribution in [0.25, 0.3) is 0 Å². The van der Waals surface area contributed by atoms with Gasteiger partial charge < -0.3 is 9.47 Å². The van der Waals surface area contributed by atoms with Crippen LogP contribution in [0.2, 0.25) is 0 Å². The highest BCUT2D eigenvalue weighted by atomic mass is 16.5. The molecule has 138 valence electrons. The number of allylic oxidation sites excluding steroid dienone is 2. The van der Waals surface area contributed by atoms with Crippen molar-refractivity contribution in [2.24, 2.45) is 11.8 Å². The zero-order chi connectivity index (χ0) is 18.2. The smallest absolute Gasteiger partial charge is 0.0717 e. The Kier molecular flexibility index (Phi) is 7.04. The van der Waals surface area contributed by atoms with Gasteiger partial charge in [0.15, 0.2) is 0 Å². The molecule has 0 bridgehead atoms. The van der Waals surface area contributed by atoms with Gasteiger partial charge in [0.05, 0.1) is 26.4 Å². The predicted octanol–water partition coefficient (Wildman–Crippen LogP) is 5.62. The molecule has 3 rings (SSSR count). The monoisotopic (exact) mass is 350 g/mol. The Hall–Kier alpha value is -1.90. The highest BCUT2D eigenvalue weighted by Gasteiger charge is 2.23. The van der Waals surface area contributed by atoms with Gasteiger partial charge in [0, 0.05) is 0 Å². The number of aryl methyl sites for hydroxylation is 2. The normalized spacial score (nSPS) is 19.6. The number of benzene rings is 2. The maximum Gasteiger partial charge on any atom is 0.0717 e. The maximum atomic E-state index is 6.02. The third-order valence-corrected chi connectivity index (χ3v) is 5.15. The molecular formula is C24H30O2. The van der Waals surface area contributed by atoms with E-state index in [0.29, 0.717) is 25.0 Å². The summed E-state index contributed by atoms with van der Waals surface area (Å²) in [5.41, 5.74) is 5.07. The first-order valence-electron chi connectivity index (χ1n) is 9.62. The molecule has 0 aliphatic heterocycles. The van der Waals surface area contributed by atoms with Crippen LogP contribution in [0.1, 0.15) is 35.1 Å². The molecule has 2 unspecified atom stereocenters. The van der Waals surface area contributed by atoms with Crippen molar-refractivity contribution in [1.29, 1.82) is 0 Å². The van der Waals surface area contributed by atoms with Crippen LogP contribution in [0.15, 0.2) is 60.7 Å². The van der Waals surface area contributed by atoms with Crippen LogP contribution in [-0.2, 0) is 22.7 Å². The van der Waals surface area contributed by atoms with Crippen LogP contribution in [0, 0.1) is 25.7 Å². The molecule has 2 aromatic carbocycles. The zero-order valence-corrected chi connectivity index (χ0v) is 16.0. The number of hydrogen-bond acceptors (Lipinski definition) is 2. The Labute approximate surface area is 157 Å². The van der Waals surface area contributed by atoms with Gasteiger partial charge in [-0.3, -0.25) is 0 Å². The molecule has 1 aliphatic carbocycles. The quantitative estimate of drug-likeness (QED) is 0.575. The second-order valence-electron chi connectivity index (χ2n) is 7.46. The molecule has 2 atom stereocenters. The number of rotatable bonds is 8. The Morgan fingerprint density at radius 2 is 1.04 bits per heavy atom. The van der Waals surface area contributed by atoms with Gasteiger partial charge in [-0.25, -0.2) is 0 Å². The standard InChI is InChI=1S/C24H30O2/c1-19-7-11-21(12-8-19)15-25-17-23-5-3-4-6-24(23)18-26-16-22-13-9-20(2)10-14-22/h3-4,7-14,23-24H,5-6,15-18H2,1-2H3. The minimum Gasteiger partial charge on any atom is -0.376 e. The molecule has 26 heavy (non-hydrogen) atoms. The first kappa shape index (κ1) is 18.9. The van der Waals surface area contributed by atoms with Crippen LogP contribution in [-0.4, -0.2) is 13.2 Å². The van der Waals surface area contributed by atoms with Gasteiger partial charge in [-0.1, -0.05) is 71.8 Å². The summed E-state index contributed by atoms with van der Waals surface area (Å²) < 4.78 is 12.0. The van der Waals surface area contributed by atoms with Gasteiger partial charge in [-0.2, -0.15) is 0 Å². The molecule has 0 heterocycles. The summed E-state index contributed by atoms with van der Waals surface area (Å²) in [4.78, 5) is 0. The van der Waals surface area contributed by atoms with E-state index in [1.807, 2.05) is 0 Å². The molecule has 0 saturated heterocycles. The van der Waals surface area contributed by atoms with E-state index in [0.717, 1.165) is 26.1 Å². The lowest BCUT2D eigenvalue weighted by Gasteiger charge is -2.28. The van der Waals surface area contributed by atoms with Crippen molar-refractivity contribution in [1.82, 2.24) is 0 Å². The fourth-order valence-electron chi connectivity index (χ4n) is 3.36. The van der Waals surface area contributed by atoms with Gasteiger partial charge in [-0.05, 0) is 49.7 Å². The topological polar surface area (TPSA) is 18.5 Å². The Balaban J connectivity index is 1.42. The average Bonchev–Trinajstić information content (AvgIpc) is 2.66. The van der Waals surface area contributed by atoms with E-state index < -0.39 is 0 Å². The lowest BCUT2D eigenvalue weighted by Crippen LogP contribution is -2.26. The van der Waals surface area contributed by atoms with E-state index in [2.05, 4.69) is 74.5 Å². The molecule has 2 heteroatoms. The molecule has 1 aliphatic rings. The summed E-state index contributed by atoms with van der Waals surface area (Å²) in [6.45, 7) is 7.21. The number of ether oxygens (including phenoxy) is 2. The summed E-state index contributed by atoms with van der Waals surface area (Å²) in [7, 11) is 0. The van der Waals surface area contributed by atoms with Gasteiger partial charge in [-0.15, -0.1) is 0 Å². The van der Waals surface area contributed by atoms with Crippen LogP contribution in [0.3, 0.4) is 0 Å². The minimum absolute atomic E-state index is 0.545. The Morgan fingerprint density at radius 1 is 0.654 bits per heavy atom. The van der Waals surface area contributed by atoms with E-state index in [1.165, 1.54) is 22.3 Å². The van der Waals surface area contributed by atoms with Crippen LogP contribution in [0.4, 0.5) is 0 Å². The first-order valence-corrected chi connectivity index (χ1v) is 9.62. The Morgan fingerprint density at radius 3 is 1.42 bits per heavy atom. The van der Waals surface area contributed by atoms with Crippen LogP contribution >= 0.6 is 0 Å². The molecule has 0 saturated carbocycles. The van der Waals surface area contributed by atoms with E-state index in [-0.39, 0.29) is 0 Å². The summed E-state index contributed by atoms with van der Waals surface area (Å²) in [5, 5.41) is 0. The fourth-order valence-corrected chi connectivity index (χ4v) is 3.36. The average molecular weight is 351 g/mol. The van der Waals surface area contributed by atoms with E-state index >= 15 is 0 Å². The van der Waals surface area contributed by atoms with Crippen molar-refractivity contribution in [3.63, 3.8) is 0 Å². The second kappa shape index (κ2) is 9.70. The molecule has 0 spiro atoms. The van der Waals surface area contributed by atoms with Gasteiger partial charge in [0.2, 0.25) is 0 Å². The van der Waals surface area contributed by atoms with Crippen LogP contribution in [0.5, 0.6) is 0 Å². The maximum absolute atomic E-state index is 6.02. The predicted molar refractivity (Wildman–Crippen MR) is 107 cm³/mol. The SMILES string of the molecule is Cc1ccc(COCC2CC=CCC2COCc2ccc(C)cc2)cc1. The zero-order valence-electron chi connectivity index (χ0n) is 16.0. The molecular weight excluding hydrogens is 320 g/mol. The second-order valence-corrected chi connectivity index (χ2v) is 7.46. The van der Waals surface area contributed by atoms with E-state index in [9.17, 15) is 0 Å². The first-order chi connectivity index (χ1) is 12.7. The third-order valence-electron chi connectivity index (χ3n) is 5.15. The van der Waals surface area contributed by atoms with Crippen molar-refractivity contribution in [3.8, 4) is 0 Å². The molecule has 0 fully saturated rings. The molecule has 2 nitrogen and oxygen atoms in total. The summed E-state index contributed by atoms with van der Waals surface area (Å²) in [6.07, 6.45) is 6.76. The van der Waals surface area contributed by atoms with Crippen LogP contribution < -0.4 is 0 Å². The molecule has 0 amide bonds. The van der Waals surface area contributed by atoms with E-state index in [1.54, 1.807) is 0 Å². The lowest BCUT2D eigenvalue weighted by molar-refractivity contribution is 0.0207. The van der Waals surface area contributed by atoms with Crippen molar-refractivity contribution < 1.29 is 9.47 Å². The summed E-state index contributed by atoms with van der Waals surface area (Å²) >= 11 is 0. The summed E-state index contributed by atoms with van der Waals surface area (Å²) in [5.74, 6) is 1.09. The lowest BCUT2D eigenvalue weighted by atomic mass is 9.84. The van der Waals surface area contributed by atoms with Crippen molar-refractivity contribution in [2.45, 2.75) is 39.9 Å². The van der Waals surface area contributed by atoms with Gasteiger partial charge >= 0.3 is 0 Å². The number of hydrogen-bond donors (Lipinski definition) is 0. The van der Waals surface area contributed by atoms with Crippen molar-refractivity contribution >= 4 is 0 Å². The fraction of sp³-hybridized carbons (Fsp3) is 0.417. The highest BCUT2D eigenvalue weighted by molar-refractivity contribution is 5.21. The van der Waals surface area contributed by atoms with Crippen molar-refractivity contribution in [2.75, 3.05) is 13.2 Å². The molecule has 2 aromatic rings. The molecule has 0 aromatic heterocycles. The van der Waals surface area contributed by atoms with E-state index in [4.69, 9.17) is 9.47 Å². The minimum atomic E-state index is 0.545. The summed E-state index contributed by atoms with van der Waals surface area (Å²) in [6, 6.07) is 17.2.